The van der Waals surface area contributed by atoms with Crippen LogP contribution in [0.3, 0.4) is 0 Å². The van der Waals surface area contributed by atoms with Crippen molar-refractivity contribution in [2.24, 2.45) is 0 Å². The molecule has 0 saturated carbocycles. The van der Waals surface area contributed by atoms with Crippen LogP contribution in [-0.2, 0) is 19.6 Å². The van der Waals surface area contributed by atoms with Crippen molar-refractivity contribution in [1.29, 1.82) is 0 Å². The average molecular weight is 393 g/mol. The van der Waals surface area contributed by atoms with E-state index >= 15 is 0 Å². The van der Waals surface area contributed by atoms with Gasteiger partial charge >= 0.3 is 0 Å². The molecule has 26 heavy (non-hydrogen) atoms. The van der Waals surface area contributed by atoms with Gasteiger partial charge in [0.2, 0.25) is 15.9 Å². The van der Waals surface area contributed by atoms with E-state index in [2.05, 4.69) is 10.3 Å². The monoisotopic (exact) mass is 393 g/mol. The predicted molar refractivity (Wildman–Crippen MR) is 99.6 cm³/mol. The lowest BCUT2D eigenvalue weighted by atomic mass is 10.3. The molecule has 2 heterocycles. The zero-order valence-corrected chi connectivity index (χ0v) is 15.6. The fourth-order valence-electron chi connectivity index (χ4n) is 2.40. The lowest BCUT2D eigenvalue weighted by molar-refractivity contribution is -0.113. The summed E-state index contributed by atoms with van der Waals surface area (Å²) < 4.78 is 31.6. The second-order valence-corrected chi connectivity index (χ2v) is 8.49. The van der Waals surface area contributed by atoms with Crippen molar-refractivity contribution in [2.45, 2.75) is 9.92 Å². The van der Waals surface area contributed by atoms with Gasteiger partial charge in [-0.25, -0.2) is 13.4 Å². The molecule has 1 amide bonds. The number of hydrogen-bond acceptors (Lipinski definition) is 6. The molecule has 1 fully saturated rings. The van der Waals surface area contributed by atoms with Gasteiger partial charge in [0.25, 0.3) is 0 Å². The first-order valence-corrected chi connectivity index (χ1v) is 10.5. The fraction of sp³-hybridized carbons (Fsp3) is 0.294. The summed E-state index contributed by atoms with van der Waals surface area (Å²) in [4.78, 5) is 16.3. The highest BCUT2D eigenvalue weighted by atomic mass is 32.2. The average Bonchev–Trinajstić information content (AvgIpc) is 2.68. The number of anilines is 1. The number of amides is 1. The Kier molecular flexibility index (Phi) is 6.25. The van der Waals surface area contributed by atoms with E-state index in [1.807, 2.05) is 30.3 Å². The van der Waals surface area contributed by atoms with Crippen LogP contribution in [-0.4, -0.2) is 55.7 Å². The standard InChI is InChI=1S/C17H19N3O4S2/c21-16(19-14-4-2-1-3-5-14)13-25-17-7-6-15(12-18-17)26(22,23)20-8-10-24-11-9-20/h1-7,12H,8-11,13H2,(H,19,21). The maximum absolute atomic E-state index is 12.5. The highest BCUT2D eigenvalue weighted by Gasteiger charge is 2.26. The summed E-state index contributed by atoms with van der Waals surface area (Å²) in [6, 6.07) is 12.3. The number of pyridine rings is 1. The number of nitrogens with zero attached hydrogens (tertiary/aromatic N) is 2. The molecule has 0 bridgehead atoms. The molecule has 1 aromatic carbocycles. The van der Waals surface area contributed by atoms with E-state index in [4.69, 9.17) is 4.74 Å². The predicted octanol–water partition coefficient (Wildman–Crippen LogP) is 1.83. The van der Waals surface area contributed by atoms with Gasteiger partial charge in [-0.3, -0.25) is 4.79 Å². The third-order valence-corrected chi connectivity index (χ3v) is 6.55. The van der Waals surface area contributed by atoms with Gasteiger partial charge in [-0.2, -0.15) is 4.31 Å². The van der Waals surface area contributed by atoms with Gasteiger partial charge in [0.1, 0.15) is 4.90 Å². The smallest absolute Gasteiger partial charge is 0.244 e. The molecular weight excluding hydrogens is 374 g/mol. The molecule has 7 nitrogen and oxygen atoms in total. The molecule has 2 aromatic rings. The molecule has 3 rings (SSSR count). The number of aromatic nitrogens is 1. The minimum Gasteiger partial charge on any atom is -0.379 e. The molecule has 0 unspecified atom stereocenters. The number of benzene rings is 1. The lowest BCUT2D eigenvalue weighted by Crippen LogP contribution is -2.40. The number of sulfonamides is 1. The van der Waals surface area contributed by atoms with Crippen LogP contribution >= 0.6 is 11.8 Å². The molecule has 0 radical (unpaired) electrons. The van der Waals surface area contributed by atoms with Gasteiger partial charge in [0.15, 0.2) is 0 Å². The van der Waals surface area contributed by atoms with Crippen LogP contribution in [0.1, 0.15) is 0 Å². The van der Waals surface area contributed by atoms with Crippen LogP contribution in [0, 0.1) is 0 Å². The number of ether oxygens (including phenoxy) is 1. The quantitative estimate of drug-likeness (QED) is 0.754. The van der Waals surface area contributed by atoms with E-state index in [-0.39, 0.29) is 16.6 Å². The third kappa shape index (κ3) is 4.82. The summed E-state index contributed by atoms with van der Waals surface area (Å²) in [5, 5.41) is 3.38. The van der Waals surface area contributed by atoms with Crippen LogP contribution in [0.15, 0.2) is 58.6 Å². The molecule has 138 valence electrons. The van der Waals surface area contributed by atoms with E-state index in [1.54, 1.807) is 6.07 Å². The van der Waals surface area contributed by atoms with Gasteiger partial charge in [-0.1, -0.05) is 30.0 Å². The summed E-state index contributed by atoms with van der Waals surface area (Å²) in [5.41, 5.74) is 0.734. The van der Waals surface area contributed by atoms with Crippen molar-refractivity contribution in [2.75, 3.05) is 37.4 Å². The van der Waals surface area contributed by atoms with Crippen molar-refractivity contribution >= 4 is 33.4 Å². The third-order valence-electron chi connectivity index (χ3n) is 3.73. The van der Waals surface area contributed by atoms with Crippen molar-refractivity contribution < 1.29 is 17.9 Å². The molecule has 0 atom stereocenters. The Morgan fingerprint density at radius 2 is 1.88 bits per heavy atom. The molecule has 1 aliphatic rings. The van der Waals surface area contributed by atoms with Gasteiger partial charge in [-0.15, -0.1) is 0 Å². The summed E-state index contributed by atoms with van der Waals surface area (Å²) in [6.07, 6.45) is 1.34. The molecule has 1 saturated heterocycles. The molecule has 1 aliphatic heterocycles. The zero-order valence-electron chi connectivity index (χ0n) is 14.0. The number of nitrogens with one attached hydrogen (secondary N) is 1. The molecule has 0 aliphatic carbocycles. The Balaban J connectivity index is 1.56. The number of thioether (sulfide) groups is 1. The summed E-state index contributed by atoms with van der Waals surface area (Å²) in [7, 11) is -3.55. The topological polar surface area (TPSA) is 88.6 Å². The van der Waals surface area contributed by atoms with Gasteiger partial charge in [0.05, 0.1) is 24.0 Å². The normalized spacial score (nSPS) is 15.5. The van der Waals surface area contributed by atoms with E-state index < -0.39 is 10.0 Å². The fourth-order valence-corrected chi connectivity index (χ4v) is 4.40. The van der Waals surface area contributed by atoms with E-state index in [1.165, 1.54) is 28.3 Å². The lowest BCUT2D eigenvalue weighted by Gasteiger charge is -2.25. The molecular formula is C17H19N3O4S2. The van der Waals surface area contributed by atoms with Crippen LogP contribution in [0.5, 0.6) is 0 Å². The molecule has 1 N–H and O–H groups in total. The molecule has 1 aromatic heterocycles. The first-order valence-electron chi connectivity index (χ1n) is 8.07. The van der Waals surface area contributed by atoms with Crippen molar-refractivity contribution in [3.05, 3.63) is 48.7 Å². The first kappa shape index (κ1) is 18.8. The number of morpholine rings is 1. The first-order chi connectivity index (χ1) is 12.6. The summed E-state index contributed by atoms with van der Waals surface area (Å²) in [6.45, 7) is 1.49. The molecule has 0 spiro atoms. The highest BCUT2D eigenvalue weighted by molar-refractivity contribution is 7.99. The van der Waals surface area contributed by atoms with Crippen molar-refractivity contribution in [1.82, 2.24) is 9.29 Å². The maximum Gasteiger partial charge on any atom is 0.244 e. The summed E-state index contributed by atoms with van der Waals surface area (Å²) in [5.74, 6) is 0.0466. The van der Waals surface area contributed by atoms with Crippen LogP contribution in [0.2, 0.25) is 0 Å². The van der Waals surface area contributed by atoms with Crippen LogP contribution in [0.25, 0.3) is 0 Å². The Morgan fingerprint density at radius 3 is 2.54 bits per heavy atom. The van der Waals surface area contributed by atoms with E-state index in [0.29, 0.717) is 31.3 Å². The largest absolute Gasteiger partial charge is 0.379 e. The van der Waals surface area contributed by atoms with Gasteiger partial charge in [-0.05, 0) is 24.3 Å². The molecule has 9 heteroatoms. The Hall–Kier alpha value is -1.94. The number of rotatable bonds is 6. The Labute approximate surface area is 156 Å². The second kappa shape index (κ2) is 8.63. The Morgan fingerprint density at radius 1 is 1.15 bits per heavy atom. The zero-order chi connectivity index (χ0) is 18.4. The van der Waals surface area contributed by atoms with Crippen LogP contribution in [0.4, 0.5) is 5.69 Å². The number of carbonyl (C=O) groups excluding carboxylic acids is 1. The minimum atomic E-state index is -3.55. The van der Waals surface area contributed by atoms with E-state index in [0.717, 1.165) is 5.69 Å². The van der Waals surface area contributed by atoms with Gasteiger partial charge < -0.3 is 10.1 Å². The number of carbonyl (C=O) groups is 1. The van der Waals surface area contributed by atoms with Crippen molar-refractivity contribution in [3.8, 4) is 0 Å². The SMILES string of the molecule is O=C(CSc1ccc(S(=O)(=O)N2CCOCC2)cn1)Nc1ccccc1. The van der Waals surface area contributed by atoms with Crippen LogP contribution < -0.4 is 5.32 Å². The van der Waals surface area contributed by atoms with Gasteiger partial charge in [0, 0.05) is 25.0 Å². The Bertz CT molecular complexity index is 836. The maximum atomic E-state index is 12.5. The second-order valence-electron chi connectivity index (χ2n) is 5.55. The number of hydrogen-bond donors (Lipinski definition) is 1. The highest BCUT2D eigenvalue weighted by Crippen LogP contribution is 2.20. The summed E-state index contributed by atoms with van der Waals surface area (Å²) >= 11 is 1.25. The number of para-hydroxylation sites is 1. The van der Waals surface area contributed by atoms with Crippen molar-refractivity contribution in [3.63, 3.8) is 0 Å². The van der Waals surface area contributed by atoms with E-state index in [9.17, 15) is 13.2 Å². The minimum absolute atomic E-state index is 0.145.